The second-order valence-electron chi connectivity index (χ2n) is 4.67. The molecule has 1 atom stereocenters. The van der Waals surface area contributed by atoms with E-state index in [0.29, 0.717) is 6.04 Å². The summed E-state index contributed by atoms with van der Waals surface area (Å²) in [7, 11) is 0. The molecule has 2 heterocycles. The zero-order chi connectivity index (χ0) is 13.0. The van der Waals surface area contributed by atoms with E-state index in [4.69, 9.17) is 0 Å². The van der Waals surface area contributed by atoms with Crippen molar-refractivity contribution in [3.05, 3.63) is 22.4 Å². The fourth-order valence-electron chi connectivity index (χ4n) is 2.38. The number of hydrogen-bond donors (Lipinski definition) is 2. The topological polar surface area (TPSA) is 46.1 Å². The van der Waals surface area contributed by atoms with Crippen LogP contribution >= 0.6 is 28.3 Å². The second kappa shape index (κ2) is 7.92. The molecule has 0 aromatic carbocycles. The smallest absolute Gasteiger partial charge is 0.267 e. The van der Waals surface area contributed by atoms with E-state index >= 15 is 0 Å². The lowest BCUT2D eigenvalue weighted by Crippen LogP contribution is -2.31. The number of nitrogens with zero attached hydrogens (tertiary/aromatic N) is 1. The molecule has 0 bridgehead atoms. The highest BCUT2D eigenvalue weighted by Crippen LogP contribution is 2.15. The molecule has 1 saturated heterocycles. The Morgan fingerprint density at radius 3 is 3.05 bits per heavy atom. The summed E-state index contributed by atoms with van der Waals surface area (Å²) >= 11 is 3.40. The van der Waals surface area contributed by atoms with Crippen molar-refractivity contribution in [3.8, 4) is 0 Å². The van der Waals surface area contributed by atoms with Crippen molar-refractivity contribution >= 4 is 34.2 Å². The molecular formula is C13H21BrClN3O. The summed E-state index contributed by atoms with van der Waals surface area (Å²) in [6.45, 7) is 4.69. The summed E-state index contributed by atoms with van der Waals surface area (Å²) in [5, 5.41) is 6.43. The van der Waals surface area contributed by atoms with Crippen molar-refractivity contribution in [1.82, 2.24) is 15.2 Å². The largest absolute Gasteiger partial charge is 0.351 e. The van der Waals surface area contributed by atoms with Crippen LogP contribution in [0.25, 0.3) is 0 Å². The first kappa shape index (κ1) is 16.5. The highest BCUT2D eigenvalue weighted by Gasteiger charge is 2.15. The van der Waals surface area contributed by atoms with Gasteiger partial charge in [0.2, 0.25) is 0 Å². The van der Waals surface area contributed by atoms with Gasteiger partial charge in [-0.1, -0.05) is 0 Å². The van der Waals surface area contributed by atoms with E-state index in [0.717, 1.165) is 36.2 Å². The summed E-state index contributed by atoms with van der Waals surface area (Å²) in [6, 6.07) is 2.45. The van der Waals surface area contributed by atoms with Crippen molar-refractivity contribution < 1.29 is 4.79 Å². The zero-order valence-electron chi connectivity index (χ0n) is 11.1. The van der Waals surface area contributed by atoms with Gasteiger partial charge in [0.25, 0.3) is 5.91 Å². The lowest BCUT2D eigenvalue weighted by atomic mass is 10.1. The maximum absolute atomic E-state index is 12.0. The van der Waals surface area contributed by atoms with Gasteiger partial charge in [0, 0.05) is 29.8 Å². The lowest BCUT2D eigenvalue weighted by Gasteiger charge is -2.11. The summed E-state index contributed by atoms with van der Waals surface area (Å²) in [4.78, 5) is 12.0. The van der Waals surface area contributed by atoms with Gasteiger partial charge in [0.15, 0.2) is 0 Å². The third-order valence-electron chi connectivity index (χ3n) is 3.38. The number of halogens is 2. The molecule has 1 aliphatic rings. The van der Waals surface area contributed by atoms with Crippen molar-refractivity contribution in [1.29, 1.82) is 0 Å². The van der Waals surface area contributed by atoms with Crippen LogP contribution in [-0.4, -0.2) is 29.6 Å². The van der Waals surface area contributed by atoms with Gasteiger partial charge in [-0.05, 0) is 54.7 Å². The molecule has 108 valence electrons. The van der Waals surface area contributed by atoms with E-state index in [1.807, 2.05) is 23.8 Å². The van der Waals surface area contributed by atoms with Crippen LogP contribution in [0.3, 0.4) is 0 Å². The fourth-order valence-corrected chi connectivity index (χ4v) is 2.84. The summed E-state index contributed by atoms with van der Waals surface area (Å²) in [6.07, 6.45) is 5.43. The van der Waals surface area contributed by atoms with Crippen LogP contribution in [0.15, 0.2) is 16.7 Å². The van der Waals surface area contributed by atoms with Crippen LogP contribution in [0, 0.1) is 0 Å². The Labute approximate surface area is 128 Å². The highest BCUT2D eigenvalue weighted by molar-refractivity contribution is 9.10. The number of aryl methyl sites for hydroxylation is 1. The zero-order valence-corrected chi connectivity index (χ0v) is 13.5. The van der Waals surface area contributed by atoms with Gasteiger partial charge in [-0.25, -0.2) is 0 Å². The summed E-state index contributed by atoms with van der Waals surface area (Å²) in [5.41, 5.74) is 0.726. The van der Waals surface area contributed by atoms with Gasteiger partial charge >= 0.3 is 0 Å². The quantitative estimate of drug-likeness (QED) is 0.857. The fraction of sp³-hybridized carbons (Fsp3) is 0.615. The van der Waals surface area contributed by atoms with E-state index in [9.17, 15) is 4.79 Å². The standard InChI is InChI=1S/C13H20BrN3O.ClH/c1-2-17-9-10(14)8-12(17)13(18)16-7-5-11-4-3-6-15-11;/h8-9,11,15H,2-7H2,1H3,(H,16,18);1H/t11-;/m1./s1. The molecule has 1 amide bonds. The second-order valence-corrected chi connectivity index (χ2v) is 5.58. The summed E-state index contributed by atoms with van der Waals surface area (Å²) in [5.74, 6) is 0.0144. The molecular weight excluding hydrogens is 330 g/mol. The van der Waals surface area contributed by atoms with E-state index in [2.05, 4.69) is 26.6 Å². The van der Waals surface area contributed by atoms with Gasteiger partial charge in [-0.3, -0.25) is 4.79 Å². The maximum atomic E-state index is 12.0. The predicted molar refractivity (Wildman–Crippen MR) is 83.0 cm³/mol. The number of amides is 1. The third-order valence-corrected chi connectivity index (χ3v) is 3.81. The lowest BCUT2D eigenvalue weighted by molar-refractivity contribution is 0.0943. The minimum Gasteiger partial charge on any atom is -0.351 e. The first-order valence-corrected chi connectivity index (χ1v) is 7.37. The first-order valence-electron chi connectivity index (χ1n) is 6.58. The maximum Gasteiger partial charge on any atom is 0.267 e. The number of carbonyl (C=O) groups is 1. The Kier molecular flexibility index (Phi) is 6.89. The summed E-state index contributed by atoms with van der Waals surface area (Å²) < 4.78 is 2.90. The predicted octanol–water partition coefficient (Wildman–Crippen LogP) is 2.56. The molecule has 0 saturated carbocycles. The first-order chi connectivity index (χ1) is 8.70. The Bertz CT molecular complexity index is 416. The Morgan fingerprint density at radius 1 is 1.63 bits per heavy atom. The third kappa shape index (κ3) is 4.51. The number of carbonyl (C=O) groups excluding carboxylic acids is 1. The monoisotopic (exact) mass is 349 g/mol. The van der Waals surface area contributed by atoms with Gasteiger partial charge < -0.3 is 15.2 Å². The Balaban J connectivity index is 0.00000180. The molecule has 1 aromatic rings. The SMILES string of the molecule is CCn1cc(Br)cc1C(=O)NCC[C@H]1CCCN1.Cl. The number of hydrogen-bond acceptors (Lipinski definition) is 2. The molecule has 6 heteroatoms. The minimum atomic E-state index is 0. The van der Waals surface area contributed by atoms with Crippen LogP contribution in [0.5, 0.6) is 0 Å². The van der Waals surface area contributed by atoms with E-state index in [1.165, 1.54) is 12.8 Å². The van der Waals surface area contributed by atoms with Crippen molar-refractivity contribution in [3.63, 3.8) is 0 Å². The van der Waals surface area contributed by atoms with Gasteiger partial charge in [0.05, 0.1) is 0 Å². The molecule has 1 aliphatic heterocycles. The van der Waals surface area contributed by atoms with Crippen LogP contribution in [-0.2, 0) is 6.54 Å². The average molecular weight is 351 g/mol. The van der Waals surface area contributed by atoms with Crippen LogP contribution in [0.2, 0.25) is 0 Å². The molecule has 19 heavy (non-hydrogen) atoms. The molecule has 2 rings (SSSR count). The van der Waals surface area contributed by atoms with Gasteiger partial charge in [-0.2, -0.15) is 0 Å². The molecule has 0 spiro atoms. The Morgan fingerprint density at radius 2 is 2.42 bits per heavy atom. The van der Waals surface area contributed by atoms with Crippen molar-refractivity contribution in [2.45, 2.75) is 38.8 Å². The van der Waals surface area contributed by atoms with Crippen LogP contribution in [0.4, 0.5) is 0 Å². The number of aromatic nitrogens is 1. The molecule has 4 nitrogen and oxygen atoms in total. The van der Waals surface area contributed by atoms with Gasteiger partial charge in [0.1, 0.15) is 5.69 Å². The van der Waals surface area contributed by atoms with Crippen molar-refractivity contribution in [2.75, 3.05) is 13.1 Å². The number of rotatable bonds is 5. The Hall–Kier alpha value is -0.520. The number of nitrogens with one attached hydrogen (secondary N) is 2. The molecule has 0 radical (unpaired) electrons. The normalized spacial score (nSPS) is 18.1. The molecule has 2 N–H and O–H groups in total. The molecule has 0 aliphatic carbocycles. The van der Waals surface area contributed by atoms with Crippen LogP contribution in [0.1, 0.15) is 36.7 Å². The van der Waals surface area contributed by atoms with Gasteiger partial charge in [-0.15, -0.1) is 12.4 Å². The molecule has 1 aromatic heterocycles. The van der Waals surface area contributed by atoms with E-state index in [-0.39, 0.29) is 18.3 Å². The van der Waals surface area contributed by atoms with Crippen molar-refractivity contribution in [2.24, 2.45) is 0 Å². The minimum absolute atomic E-state index is 0. The van der Waals surface area contributed by atoms with Crippen LogP contribution < -0.4 is 10.6 Å². The molecule has 1 fully saturated rings. The van der Waals surface area contributed by atoms with E-state index < -0.39 is 0 Å². The molecule has 0 unspecified atom stereocenters. The highest BCUT2D eigenvalue weighted by atomic mass is 79.9. The van der Waals surface area contributed by atoms with E-state index in [1.54, 1.807) is 0 Å². The average Bonchev–Trinajstić information content (AvgIpc) is 2.98.